The van der Waals surface area contributed by atoms with Gasteiger partial charge < -0.3 is 30.3 Å². The van der Waals surface area contributed by atoms with E-state index in [-0.39, 0.29) is 6.42 Å². The molecule has 4 N–H and O–H groups in total. The summed E-state index contributed by atoms with van der Waals surface area (Å²) >= 11 is 0. The number of nitrogens with one attached hydrogen (secondary N) is 2. The Hall–Kier alpha value is -3.10. The van der Waals surface area contributed by atoms with E-state index >= 15 is 0 Å². The zero-order valence-electron chi connectivity index (χ0n) is 22.7. The number of carbonyl (C=O) groups is 2. The number of benzene rings is 2. The van der Waals surface area contributed by atoms with Gasteiger partial charge in [-0.15, -0.1) is 0 Å². The number of amides is 2. The minimum atomic E-state index is -1.12. The summed E-state index contributed by atoms with van der Waals surface area (Å²) in [5.74, 6) is 0. The number of hydrogen-bond donors (Lipinski definition) is 4. The van der Waals surface area contributed by atoms with Gasteiger partial charge in [0.15, 0.2) is 0 Å². The van der Waals surface area contributed by atoms with Gasteiger partial charge in [0.1, 0.15) is 11.2 Å². The van der Waals surface area contributed by atoms with Crippen LogP contribution in [0, 0.1) is 0 Å². The van der Waals surface area contributed by atoms with E-state index in [4.69, 9.17) is 9.47 Å². The van der Waals surface area contributed by atoms with E-state index in [1.54, 1.807) is 41.5 Å². The van der Waals surface area contributed by atoms with Crippen LogP contribution in [0.2, 0.25) is 0 Å². The molecule has 0 aliphatic heterocycles. The van der Waals surface area contributed by atoms with Gasteiger partial charge in [-0.1, -0.05) is 60.7 Å². The second-order valence-corrected chi connectivity index (χ2v) is 11.3. The van der Waals surface area contributed by atoms with Crippen molar-refractivity contribution in [1.82, 2.24) is 10.6 Å². The van der Waals surface area contributed by atoms with E-state index < -0.39 is 47.7 Å². The molecule has 2 aromatic rings. The number of ether oxygens (including phenoxy) is 2. The highest BCUT2D eigenvalue weighted by atomic mass is 16.6. The number of hydrogen-bond acceptors (Lipinski definition) is 6. The lowest BCUT2D eigenvalue weighted by Crippen LogP contribution is -2.51. The topological polar surface area (TPSA) is 117 Å². The second-order valence-electron chi connectivity index (χ2n) is 11.3. The molecule has 8 heteroatoms. The van der Waals surface area contributed by atoms with Crippen LogP contribution >= 0.6 is 0 Å². The Kier molecular flexibility index (Phi) is 10.9. The van der Waals surface area contributed by atoms with Gasteiger partial charge in [-0.2, -0.15) is 0 Å². The number of rotatable bonds is 10. The Bertz CT molecular complexity index is 890. The molecule has 204 valence electrons. The van der Waals surface area contributed by atoms with Gasteiger partial charge in [-0.25, -0.2) is 9.59 Å². The predicted molar refractivity (Wildman–Crippen MR) is 143 cm³/mol. The molecule has 2 aromatic carbocycles. The Labute approximate surface area is 220 Å². The van der Waals surface area contributed by atoms with E-state index in [0.717, 1.165) is 11.1 Å². The summed E-state index contributed by atoms with van der Waals surface area (Å²) in [6, 6.07) is 17.4. The van der Waals surface area contributed by atoms with Crippen molar-refractivity contribution in [2.24, 2.45) is 0 Å². The fraction of sp³-hybridized carbons (Fsp3) is 0.517. The van der Waals surface area contributed by atoms with Gasteiger partial charge in [0.05, 0.1) is 24.3 Å². The number of alkyl carbamates (subject to hydrolysis) is 2. The Morgan fingerprint density at radius 1 is 0.676 bits per heavy atom. The maximum Gasteiger partial charge on any atom is 0.407 e. The van der Waals surface area contributed by atoms with Crippen LogP contribution < -0.4 is 10.6 Å². The molecule has 2 rings (SSSR count). The molecular formula is C29H42N2O6. The predicted octanol–water partition coefficient (Wildman–Crippen LogP) is 4.37. The molecule has 0 bridgehead atoms. The molecule has 0 aliphatic carbocycles. The van der Waals surface area contributed by atoms with Gasteiger partial charge in [-0.3, -0.25) is 0 Å². The van der Waals surface area contributed by atoms with Crippen molar-refractivity contribution in [3.8, 4) is 0 Å². The first-order chi connectivity index (χ1) is 17.2. The average molecular weight is 515 g/mol. The summed E-state index contributed by atoms with van der Waals surface area (Å²) in [7, 11) is 0. The summed E-state index contributed by atoms with van der Waals surface area (Å²) in [6.45, 7) is 10.6. The smallest absolute Gasteiger partial charge is 0.407 e. The van der Waals surface area contributed by atoms with E-state index in [0.29, 0.717) is 12.8 Å². The van der Waals surface area contributed by atoms with Crippen molar-refractivity contribution in [2.45, 2.75) is 96.3 Å². The molecule has 0 aromatic heterocycles. The van der Waals surface area contributed by atoms with Gasteiger partial charge in [0.25, 0.3) is 0 Å². The second kappa shape index (κ2) is 13.4. The van der Waals surface area contributed by atoms with E-state index in [1.165, 1.54) is 0 Å². The van der Waals surface area contributed by atoms with Crippen molar-refractivity contribution in [2.75, 3.05) is 0 Å². The van der Waals surface area contributed by atoms with Crippen LogP contribution in [0.4, 0.5) is 9.59 Å². The van der Waals surface area contributed by atoms with Crippen LogP contribution in [0.5, 0.6) is 0 Å². The summed E-state index contributed by atoms with van der Waals surface area (Å²) in [4.78, 5) is 25.0. The normalized spacial score (nSPS) is 15.1. The monoisotopic (exact) mass is 514 g/mol. The Balaban J connectivity index is 2.19. The summed E-state index contributed by atoms with van der Waals surface area (Å²) in [5, 5.41) is 27.8. The van der Waals surface area contributed by atoms with Gasteiger partial charge in [0, 0.05) is 6.42 Å². The first-order valence-corrected chi connectivity index (χ1v) is 12.6. The first kappa shape index (κ1) is 30.1. The summed E-state index contributed by atoms with van der Waals surface area (Å²) in [5.41, 5.74) is 0.406. The largest absolute Gasteiger partial charge is 0.444 e. The fourth-order valence-electron chi connectivity index (χ4n) is 3.80. The maximum atomic E-state index is 12.5. The number of aliphatic hydroxyl groups is 2. The highest BCUT2D eigenvalue weighted by Crippen LogP contribution is 2.17. The molecule has 0 spiro atoms. The summed E-state index contributed by atoms with van der Waals surface area (Å²) in [6.07, 6.45) is -3.00. The number of carbonyl (C=O) groups excluding carboxylic acids is 2. The third kappa shape index (κ3) is 12.1. The SMILES string of the molecule is CC(C)(C)OC(=O)N[C@@H](Cc1ccccc1)[C@H](O)C[C@@H](O)[C@H](Cc1ccccc1)NC(=O)OC(C)(C)C. The van der Waals surface area contributed by atoms with Crippen molar-refractivity contribution < 1.29 is 29.3 Å². The molecule has 2 amide bonds. The van der Waals surface area contributed by atoms with Crippen LogP contribution in [0.15, 0.2) is 60.7 Å². The number of aliphatic hydroxyl groups excluding tert-OH is 2. The lowest BCUT2D eigenvalue weighted by atomic mass is 9.92. The van der Waals surface area contributed by atoms with Crippen molar-refractivity contribution in [3.05, 3.63) is 71.8 Å². The maximum absolute atomic E-state index is 12.5. The molecule has 0 saturated carbocycles. The quantitative estimate of drug-likeness (QED) is 0.374. The van der Waals surface area contributed by atoms with Crippen LogP contribution in [-0.4, -0.2) is 57.9 Å². The Morgan fingerprint density at radius 3 is 1.30 bits per heavy atom. The van der Waals surface area contributed by atoms with Crippen molar-refractivity contribution in [1.29, 1.82) is 0 Å². The third-order valence-electron chi connectivity index (χ3n) is 5.41. The lowest BCUT2D eigenvalue weighted by molar-refractivity contribution is 0.0173. The van der Waals surface area contributed by atoms with Gasteiger partial charge in [-0.05, 0) is 65.5 Å². The molecule has 4 atom stereocenters. The highest BCUT2D eigenvalue weighted by Gasteiger charge is 2.31. The lowest BCUT2D eigenvalue weighted by Gasteiger charge is -2.31. The molecule has 0 unspecified atom stereocenters. The molecule has 0 saturated heterocycles. The minimum Gasteiger partial charge on any atom is -0.444 e. The third-order valence-corrected chi connectivity index (χ3v) is 5.41. The minimum absolute atomic E-state index is 0.0966. The molecule has 0 heterocycles. The molecule has 0 radical (unpaired) electrons. The zero-order chi connectivity index (χ0) is 27.6. The Morgan fingerprint density at radius 2 is 1.00 bits per heavy atom. The molecular weight excluding hydrogens is 472 g/mol. The van der Waals surface area contributed by atoms with Crippen LogP contribution in [0.3, 0.4) is 0 Å². The first-order valence-electron chi connectivity index (χ1n) is 12.6. The molecule has 8 nitrogen and oxygen atoms in total. The molecule has 37 heavy (non-hydrogen) atoms. The van der Waals surface area contributed by atoms with Gasteiger partial charge in [0.2, 0.25) is 0 Å². The van der Waals surface area contributed by atoms with Crippen LogP contribution in [0.25, 0.3) is 0 Å². The van der Waals surface area contributed by atoms with Crippen LogP contribution in [0.1, 0.15) is 59.1 Å². The van der Waals surface area contributed by atoms with Crippen LogP contribution in [-0.2, 0) is 22.3 Å². The van der Waals surface area contributed by atoms with E-state index in [1.807, 2.05) is 60.7 Å². The van der Waals surface area contributed by atoms with Crippen molar-refractivity contribution >= 4 is 12.2 Å². The summed E-state index contributed by atoms with van der Waals surface area (Å²) < 4.78 is 10.8. The zero-order valence-corrected chi connectivity index (χ0v) is 22.7. The standard InChI is InChI=1S/C29H42N2O6/c1-28(2,3)36-26(34)30-22(17-20-13-9-7-10-14-20)24(32)19-25(33)23(18-21-15-11-8-12-16-21)31-27(35)37-29(4,5)6/h7-16,22-25,32-33H,17-19H2,1-6H3,(H,30,34)(H,31,35)/t22-,23-,24+,25+/m0/s1. The molecule has 0 fully saturated rings. The average Bonchev–Trinajstić information content (AvgIpc) is 2.77. The van der Waals surface area contributed by atoms with Gasteiger partial charge >= 0.3 is 12.2 Å². The fourth-order valence-corrected chi connectivity index (χ4v) is 3.80. The van der Waals surface area contributed by atoms with E-state index in [9.17, 15) is 19.8 Å². The van der Waals surface area contributed by atoms with Crippen molar-refractivity contribution in [3.63, 3.8) is 0 Å². The van der Waals surface area contributed by atoms with E-state index in [2.05, 4.69) is 10.6 Å². The highest BCUT2D eigenvalue weighted by molar-refractivity contribution is 5.68. The molecule has 0 aliphatic rings.